The Morgan fingerprint density at radius 3 is 3.00 bits per heavy atom. The summed E-state index contributed by atoms with van der Waals surface area (Å²) in [5.74, 6) is 0.279. The Morgan fingerprint density at radius 2 is 2.31 bits per heavy atom. The Kier molecular flexibility index (Phi) is 2.02. The molecule has 3 heteroatoms. The van der Waals surface area contributed by atoms with Crippen LogP contribution in [0.5, 0.6) is 0 Å². The van der Waals surface area contributed by atoms with Crippen LogP contribution in [0.2, 0.25) is 0 Å². The van der Waals surface area contributed by atoms with Crippen molar-refractivity contribution in [3.8, 4) is 0 Å². The van der Waals surface area contributed by atoms with Crippen molar-refractivity contribution in [3.63, 3.8) is 0 Å². The third-order valence-corrected chi connectivity index (χ3v) is 2.68. The SMILES string of the molecule is CCc1ncnc2c1[C@H](C)C[C@@H]2F. The van der Waals surface area contributed by atoms with Crippen LogP contribution in [0.3, 0.4) is 0 Å². The minimum Gasteiger partial charge on any atom is -0.241 e. The second kappa shape index (κ2) is 3.05. The summed E-state index contributed by atoms with van der Waals surface area (Å²) in [6.45, 7) is 4.09. The fourth-order valence-corrected chi connectivity index (χ4v) is 2.06. The summed E-state index contributed by atoms with van der Waals surface area (Å²) in [6.07, 6.45) is 2.03. The molecule has 1 aromatic rings. The fraction of sp³-hybridized carbons (Fsp3) is 0.600. The largest absolute Gasteiger partial charge is 0.241 e. The number of nitrogens with zero attached hydrogens (tertiary/aromatic N) is 2. The minimum atomic E-state index is -0.877. The zero-order valence-corrected chi connectivity index (χ0v) is 7.92. The van der Waals surface area contributed by atoms with Gasteiger partial charge in [0.2, 0.25) is 0 Å². The van der Waals surface area contributed by atoms with E-state index in [2.05, 4.69) is 9.97 Å². The molecular formula is C10H13FN2. The van der Waals surface area contributed by atoms with Crippen molar-refractivity contribution in [1.82, 2.24) is 9.97 Å². The molecule has 0 radical (unpaired) electrons. The molecule has 1 aliphatic carbocycles. The van der Waals surface area contributed by atoms with Gasteiger partial charge in [-0.3, -0.25) is 0 Å². The van der Waals surface area contributed by atoms with Crippen LogP contribution < -0.4 is 0 Å². The Morgan fingerprint density at radius 1 is 1.54 bits per heavy atom. The molecule has 0 spiro atoms. The number of halogens is 1. The molecule has 2 nitrogen and oxygen atoms in total. The summed E-state index contributed by atoms with van der Waals surface area (Å²) in [5.41, 5.74) is 2.69. The molecule has 0 aromatic carbocycles. The summed E-state index contributed by atoms with van der Waals surface area (Å²) >= 11 is 0. The second-order valence-corrected chi connectivity index (χ2v) is 3.58. The van der Waals surface area contributed by atoms with E-state index in [1.807, 2.05) is 13.8 Å². The molecule has 0 aliphatic heterocycles. The average molecular weight is 180 g/mol. The van der Waals surface area contributed by atoms with Gasteiger partial charge in [0.05, 0.1) is 5.69 Å². The molecule has 0 amide bonds. The monoisotopic (exact) mass is 180 g/mol. The van der Waals surface area contributed by atoms with E-state index in [1.54, 1.807) is 0 Å². The van der Waals surface area contributed by atoms with Gasteiger partial charge in [0.1, 0.15) is 12.5 Å². The summed E-state index contributed by atoms with van der Waals surface area (Å²) in [4.78, 5) is 8.19. The third-order valence-electron chi connectivity index (χ3n) is 2.68. The van der Waals surface area contributed by atoms with Crippen LogP contribution in [0.25, 0.3) is 0 Å². The zero-order valence-electron chi connectivity index (χ0n) is 7.92. The number of aryl methyl sites for hydroxylation is 1. The molecule has 2 rings (SSSR count). The predicted molar refractivity (Wildman–Crippen MR) is 48.3 cm³/mol. The van der Waals surface area contributed by atoms with Crippen LogP contribution in [-0.4, -0.2) is 9.97 Å². The van der Waals surface area contributed by atoms with Crippen molar-refractivity contribution in [2.24, 2.45) is 0 Å². The highest BCUT2D eigenvalue weighted by Gasteiger charge is 2.31. The average Bonchev–Trinajstić information content (AvgIpc) is 2.43. The first-order valence-corrected chi connectivity index (χ1v) is 4.71. The van der Waals surface area contributed by atoms with Crippen molar-refractivity contribution >= 4 is 0 Å². The number of hydrogen-bond donors (Lipinski definition) is 0. The van der Waals surface area contributed by atoms with Gasteiger partial charge in [0.15, 0.2) is 0 Å². The Bertz CT molecular complexity index is 325. The van der Waals surface area contributed by atoms with Gasteiger partial charge in [0.25, 0.3) is 0 Å². The number of alkyl halides is 1. The fourth-order valence-electron chi connectivity index (χ4n) is 2.06. The Hall–Kier alpha value is -0.990. The molecule has 2 atom stereocenters. The Labute approximate surface area is 77.2 Å². The molecule has 0 fully saturated rings. The lowest BCUT2D eigenvalue weighted by Gasteiger charge is -2.07. The van der Waals surface area contributed by atoms with Crippen molar-refractivity contribution in [2.45, 2.75) is 38.8 Å². The molecular weight excluding hydrogens is 167 g/mol. The van der Waals surface area contributed by atoms with Crippen molar-refractivity contribution < 1.29 is 4.39 Å². The first-order valence-electron chi connectivity index (χ1n) is 4.71. The van der Waals surface area contributed by atoms with E-state index in [1.165, 1.54) is 6.33 Å². The van der Waals surface area contributed by atoms with Crippen LogP contribution in [0.1, 0.15) is 49.3 Å². The van der Waals surface area contributed by atoms with Gasteiger partial charge in [-0.15, -0.1) is 0 Å². The third kappa shape index (κ3) is 1.23. The minimum absolute atomic E-state index is 0.279. The van der Waals surface area contributed by atoms with Gasteiger partial charge >= 0.3 is 0 Å². The van der Waals surface area contributed by atoms with Gasteiger partial charge < -0.3 is 0 Å². The second-order valence-electron chi connectivity index (χ2n) is 3.58. The lowest BCUT2D eigenvalue weighted by atomic mass is 10.0. The topological polar surface area (TPSA) is 25.8 Å². The van der Waals surface area contributed by atoms with Gasteiger partial charge in [-0.1, -0.05) is 13.8 Å². The van der Waals surface area contributed by atoms with Gasteiger partial charge in [-0.2, -0.15) is 0 Å². The van der Waals surface area contributed by atoms with Crippen molar-refractivity contribution in [2.75, 3.05) is 0 Å². The van der Waals surface area contributed by atoms with Crippen LogP contribution in [0.15, 0.2) is 6.33 Å². The molecule has 0 bridgehead atoms. The quantitative estimate of drug-likeness (QED) is 0.663. The number of hydrogen-bond acceptors (Lipinski definition) is 2. The molecule has 0 saturated carbocycles. The van der Waals surface area contributed by atoms with E-state index in [0.717, 1.165) is 17.7 Å². The molecule has 70 valence electrons. The number of aromatic nitrogens is 2. The molecule has 1 aliphatic rings. The van der Waals surface area contributed by atoms with Crippen LogP contribution in [0, 0.1) is 0 Å². The normalized spacial score (nSPS) is 26.1. The van der Waals surface area contributed by atoms with Crippen LogP contribution in [0.4, 0.5) is 4.39 Å². The van der Waals surface area contributed by atoms with E-state index in [-0.39, 0.29) is 5.92 Å². The first kappa shape index (κ1) is 8.60. The van der Waals surface area contributed by atoms with Gasteiger partial charge in [-0.05, 0) is 18.8 Å². The Balaban J connectivity index is 2.55. The highest BCUT2D eigenvalue weighted by atomic mass is 19.1. The van der Waals surface area contributed by atoms with Crippen LogP contribution in [-0.2, 0) is 6.42 Å². The first-order chi connectivity index (χ1) is 6.24. The molecule has 0 saturated heterocycles. The van der Waals surface area contributed by atoms with Crippen molar-refractivity contribution in [3.05, 3.63) is 23.3 Å². The number of rotatable bonds is 1. The summed E-state index contributed by atoms with van der Waals surface area (Å²) in [5, 5.41) is 0. The standard InChI is InChI=1S/C10H13FN2/c1-3-8-9-6(2)4-7(11)10(9)13-5-12-8/h5-7H,3-4H2,1-2H3/t6-,7+/m1/s1. The smallest absolute Gasteiger partial charge is 0.143 e. The van der Waals surface area contributed by atoms with E-state index in [0.29, 0.717) is 12.1 Å². The lowest BCUT2D eigenvalue weighted by Crippen LogP contribution is -2.00. The molecule has 1 heterocycles. The lowest BCUT2D eigenvalue weighted by molar-refractivity contribution is 0.326. The van der Waals surface area contributed by atoms with Crippen molar-refractivity contribution in [1.29, 1.82) is 0 Å². The number of fused-ring (bicyclic) bond motifs is 1. The van der Waals surface area contributed by atoms with Crippen LogP contribution >= 0.6 is 0 Å². The molecule has 13 heavy (non-hydrogen) atoms. The van der Waals surface area contributed by atoms with E-state index < -0.39 is 6.17 Å². The summed E-state index contributed by atoms with van der Waals surface area (Å²) in [7, 11) is 0. The predicted octanol–water partition coefficient (Wildman–Crippen LogP) is 2.56. The molecule has 1 aromatic heterocycles. The van der Waals surface area contributed by atoms with E-state index in [4.69, 9.17) is 0 Å². The maximum absolute atomic E-state index is 13.4. The van der Waals surface area contributed by atoms with E-state index in [9.17, 15) is 4.39 Å². The summed E-state index contributed by atoms with van der Waals surface area (Å²) in [6, 6.07) is 0. The molecule has 0 N–H and O–H groups in total. The van der Waals surface area contributed by atoms with E-state index >= 15 is 0 Å². The highest BCUT2D eigenvalue weighted by molar-refractivity contribution is 5.34. The maximum Gasteiger partial charge on any atom is 0.143 e. The maximum atomic E-state index is 13.4. The van der Waals surface area contributed by atoms with Gasteiger partial charge in [0, 0.05) is 11.3 Å². The van der Waals surface area contributed by atoms with Gasteiger partial charge in [-0.25, -0.2) is 14.4 Å². The highest BCUT2D eigenvalue weighted by Crippen LogP contribution is 2.41. The zero-order chi connectivity index (χ0) is 9.42. The molecule has 0 unspecified atom stereocenters. The summed E-state index contributed by atoms with van der Waals surface area (Å²) < 4.78 is 13.4.